The average molecular weight is 628 g/mol. The minimum atomic E-state index is -0.316. The SMILES string of the molecule is CCOCn1nnc(-c2ccc(F)cc2)c1-c1ccnc(N)c1.CCOCn1nnc(-c2ccc(F)cc2)c1-c1ccnc(N)n1. The maximum absolute atomic E-state index is 13.2. The molecule has 2 aromatic carbocycles. The Morgan fingerprint density at radius 3 is 1.70 bits per heavy atom. The summed E-state index contributed by atoms with van der Waals surface area (Å²) in [5.41, 5.74) is 16.9. The highest BCUT2D eigenvalue weighted by Gasteiger charge is 2.19. The van der Waals surface area contributed by atoms with Gasteiger partial charge < -0.3 is 20.9 Å². The van der Waals surface area contributed by atoms with Gasteiger partial charge in [0.25, 0.3) is 0 Å². The summed E-state index contributed by atoms with van der Waals surface area (Å²) in [6.07, 6.45) is 3.18. The second-order valence-corrected chi connectivity index (χ2v) is 9.60. The van der Waals surface area contributed by atoms with Crippen LogP contribution in [0, 0.1) is 11.6 Å². The molecule has 0 unspecified atom stereocenters. The van der Waals surface area contributed by atoms with Gasteiger partial charge in [0.2, 0.25) is 5.95 Å². The highest BCUT2D eigenvalue weighted by molar-refractivity contribution is 5.79. The number of benzene rings is 2. The van der Waals surface area contributed by atoms with E-state index in [0.29, 0.717) is 41.8 Å². The van der Waals surface area contributed by atoms with Gasteiger partial charge in [-0.1, -0.05) is 10.4 Å². The number of nitrogens with zero attached hydrogens (tertiary/aromatic N) is 9. The van der Waals surface area contributed by atoms with E-state index in [-0.39, 0.29) is 31.0 Å². The Hall–Kier alpha value is -5.67. The van der Waals surface area contributed by atoms with Crippen molar-refractivity contribution >= 4 is 11.8 Å². The predicted molar refractivity (Wildman–Crippen MR) is 167 cm³/mol. The number of hydrogen-bond acceptors (Lipinski definition) is 11. The smallest absolute Gasteiger partial charge is 0.220 e. The maximum Gasteiger partial charge on any atom is 0.220 e. The van der Waals surface area contributed by atoms with Crippen LogP contribution in [0.2, 0.25) is 0 Å². The fourth-order valence-electron chi connectivity index (χ4n) is 4.41. The summed E-state index contributed by atoms with van der Waals surface area (Å²) in [5, 5.41) is 16.7. The molecular weight excluding hydrogens is 596 g/mol. The van der Waals surface area contributed by atoms with E-state index in [1.807, 2.05) is 19.9 Å². The molecule has 4 aromatic heterocycles. The summed E-state index contributed by atoms with van der Waals surface area (Å²) in [6.45, 7) is 5.38. The van der Waals surface area contributed by atoms with Gasteiger partial charge in [0.05, 0.1) is 11.4 Å². The number of nitrogen functional groups attached to an aromatic ring is 2. The molecule has 46 heavy (non-hydrogen) atoms. The van der Waals surface area contributed by atoms with E-state index in [9.17, 15) is 8.78 Å². The van der Waals surface area contributed by atoms with Crippen molar-refractivity contribution in [1.29, 1.82) is 0 Å². The first kappa shape index (κ1) is 31.7. The van der Waals surface area contributed by atoms with E-state index in [2.05, 4.69) is 35.6 Å². The van der Waals surface area contributed by atoms with Crippen LogP contribution in [0.5, 0.6) is 0 Å². The second kappa shape index (κ2) is 14.9. The van der Waals surface area contributed by atoms with Gasteiger partial charge in [-0.25, -0.2) is 33.1 Å². The number of aromatic nitrogens is 9. The van der Waals surface area contributed by atoms with Crippen molar-refractivity contribution in [2.75, 3.05) is 24.7 Å². The quantitative estimate of drug-likeness (QED) is 0.213. The zero-order valence-corrected chi connectivity index (χ0v) is 25.1. The summed E-state index contributed by atoms with van der Waals surface area (Å²) in [5.74, 6) is -0.0677. The minimum Gasteiger partial charge on any atom is -0.384 e. The lowest BCUT2D eigenvalue weighted by Gasteiger charge is -2.09. The lowest BCUT2D eigenvalue weighted by molar-refractivity contribution is 0.0789. The Morgan fingerprint density at radius 1 is 0.652 bits per heavy atom. The van der Waals surface area contributed by atoms with Crippen LogP contribution in [0.25, 0.3) is 45.2 Å². The van der Waals surface area contributed by atoms with E-state index in [1.54, 1.807) is 58.2 Å². The number of rotatable bonds is 10. The molecule has 0 fully saturated rings. The zero-order valence-electron chi connectivity index (χ0n) is 25.1. The molecule has 0 atom stereocenters. The highest BCUT2D eigenvalue weighted by Crippen LogP contribution is 2.31. The topological polar surface area (TPSA) is 171 Å². The van der Waals surface area contributed by atoms with Crippen molar-refractivity contribution in [1.82, 2.24) is 44.9 Å². The van der Waals surface area contributed by atoms with Crippen LogP contribution in [-0.2, 0) is 22.9 Å². The van der Waals surface area contributed by atoms with E-state index < -0.39 is 0 Å². The van der Waals surface area contributed by atoms with Crippen LogP contribution in [-0.4, -0.2) is 58.2 Å². The zero-order chi connectivity index (χ0) is 32.5. The van der Waals surface area contributed by atoms with E-state index in [4.69, 9.17) is 20.9 Å². The standard InChI is InChI=1S/C16H16FN5O.C15H15FN6O/c1-2-23-10-22-16(12-7-8-19-14(18)9-12)15(20-21-22)11-3-5-13(17)6-4-11;1-2-23-9-22-14(12-7-8-18-15(17)19-12)13(20-21-22)10-3-5-11(16)6-4-10/h3-9H,2,10H2,1H3,(H2,18,19);3-8H,2,9H2,1H3,(H2,17,18,19). The molecule has 0 amide bonds. The summed E-state index contributed by atoms with van der Waals surface area (Å²) >= 11 is 0. The lowest BCUT2D eigenvalue weighted by atomic mass is 10.1. The first-order valence-corrected chi connectivity index (χ1v) is 14.2. The van der Waals surface area contributed by atoms with Gasteiger partial charge in [0, 0.05) is 42.3 Å². The number of anilines is 2. The largest absolute Gasteiger partial charge is 0.384 e. The van der Waals surface area contributed by atoms with Crippen LogP contribution in [0.1, 0.15) is 13.8 Å². The third-order valence-corrected chi connectivity index (χ3v) is 6.51. The first-order valence-electron chi connectivity index (χ1n) is 14.2. The van der Waals surface area contributed by atoms with Crippen molar-refractivity contribution < 1.29 is 18.3 Å². The fraction of sp³-hybridized carbons (Fsp3) is 0.194. The summed E-state index contributed by atoms with van der Waals surface area (Å²) in [7, 11) is 0. The molecular formula is C31H31F2N11O2. The Balaban J connectivity index is 0.000000181. The van der Waals surface area contributed by atoms with Crippen LogP contribution in [0.4, 0.5) is 20.5 Å². The number of pyridine rings is 1. The van der Waals surface area contributed by atoms with E-state index in [1.165, 1.54) is 24.3 Å². The van der Waals surface area contributed by atoms with Gasteiger partial charge in [-0.3, -0.25) is 0 Å². The third kappa shape index (κ3) is 7.51. The lowest BCUT2D eigenvalue weighted by Crippen LogP contribution is -2.07. The van der Waals surface area contributed by atoms with Gasteiger partial charge in [-0.2, -0.15) is 0 Å². The van der Waals surface area contributed by atoms with Crippen molar-refractivity contribution in [3.8, 4) is 45.2 Å². The second-order valence-electron chi connectivity index (χ2n) is 9.60. The van der Waals surface area contributed by atoms with Crippen molar-refractivity contribution in [2.45, 2.75) is 27.3 Å². The molecule has 0 aliphatic rings. The Morgan fingerprint density at radius 2 is 1.17 bits per heavy atom. The molecule has 0 saturated heterocycles. The molecule has 0 radical (unpaired) electrons. The predicted octanol–water partition coefficient (Wildman–Crippen LogP) is 4.84. The molecule has 15 heteroatoms. The summed E-state index contributed by atoms with van der Waals surface area (Å²) in [4.78, 5) is 12.1. The van der Waals surface area contributed by atoms with E-state index in [0.717, 1.165) is 22.4 Å². The minimum absolute atomic E-state index is 0.150. The van der Waals surface area contributed by atoms with E-state index >= 15 is 0 Å². The average Bonchev–Trinajstić information content (AvgIpc) is 3.68. The Kier molecular flexibility index (Phi) is 10.3. The Bertz CT molecular complexity index is 1740. The first-order chi connectivity index (χ1) is 22.4. The van der Waals surface area contributed by atoms with Crippen LogP contribution in [0.15, 0.2) is 79.1 Å². The fourth-order valence-corrected chi connectivity index (χ4v) is 4.41. The molecule has 0 saturated carbocycles. The summed E-state index contributed by atoms with van der Waals surface area (Å²) in [6, 6.07) is 17.4. The van der Waals surface area contributed by atoms with Crippen molar-refractivity contribution in [2.24, 2.45) is 0 Å². The molecule has 6 aromatic rings. The molecule has 4 N–H and O–H groups in total. The number of nitrogens with two attached hydrogens (primary N) is 2. The maximum atomic E-state index is 13.2. The van der Waals surface area contributed by atoms with Gasteiger partial charge in [0.15, 0.2) is 0 Å². The van der Waals surface area contributed by atoms with Crippen LogP contribution < -0.4 is 11.5 Å². The molecule has 236 valence electrons. The van der Waals surface area contributed by atoms with Crippen LogP contribution >= 0.6 is 0 Å². The molecule has 0 aliphatic heterocycles. The molecule has 6 rings (SSSR count). The van der Waals surface area contributed by atoms with Gasteiger partial charge in [-0.05, 0) is 80.6 Å². The van der Waals surface area contributed by atoms with Gasteiger partial charge in [0.1, 0.15) is 48.0 Å². The normalized spacial score (nSPS) is 10.9. The summed E-state index contributed by atoms with van der Waals surface area (Å²) < 4.78 is 40.4. The molecule has 13 nitrogen and oxygen atoms in total. The van der Waals surface area contributed by atoms with Crippen molar-refractivity contribution in [3.63, 3.8) is 0 Å². The molecule has 0 bridgehead atoms. The highest BCUT2D eigenvalue weighted by atomic mass is 19.1. The number of halogens is 2. The van der Waals surface area contributed by atoms with Gasteiger partial charge >= 0.3 is 0 Å². The molecule has 0 aliphatic carbocycles. The number of ether oxygens (including phenoxy) is 2. The third-order valence-electron chi connectivity index (χ3n) is 6.51. The van der Waals surface area contributed by atoms with Gasteiger partial charge in [-0.15, -0.1) is 10.2 Å². The van der Waals surface area contributed by atoms with Crippen LogP contribution in [0.3, 0.4) is 0 Å². The Labute approximate surface area is 262 Å². The monoisotopic (exact) mass is 627 g/mol. The molecule has 0 spiro atoms. The number of hydrogen-bond donors (Lipinski definition) is 2. The van der Waals surface area contributed by atoms with Crippen molar-refractivity contribution in [3.05, 3.63) is 90.8 Å². The molecule has 4 heterocycles.